The number of anilines is 1. The van der Waals surface area contributed by atoms with Gasteiger partial charge in [0, 0.05) is 58.1 Å². The van der Waals surface area contributed by atoms with Gasteiger partial charge in [0.1, 0.15) is 0 Å². The predicted molar refractivity (Wildman–Crippen MR) is 116 cm³/mol. The van der Waals surface area contributed by atoms with Gasteiger partial charge in [-0.15, -0.1) is 0 Å². The average molecular weight is 583 g/mol. The fourth-order valence-electron chi connectivity index (χ4n) is 4.59. The molecule has 4 rings (SSSR count). The van der Waals surface area contributed by atoms with E-state index in [2.05, 4.69) is 9.88 Å². The molecule has 0 saturated carbocycles. The molecule has 3 fully saturated rings. The Kier molecular flexibility index (Phi) is 10.4. The van der Waals surface area contributed by atoms with Crippen molar-refractivity contribution >= 4 is 17.8 Å². The smallest absolute Gasteiger partial charge is 0.475 e. The van der Waals surface area contributed by atoms with Crippen LogP contribution in [0.1, 0.15) is 25.7 Å². The quantitative estimate of drug-likeness (QED) is 0.500. The SMILES string of the molecule is Fc1cccnc1N1CCC2(C1)CN(C1CCOCC1)CCC2(F)F.O=C(O)C(F)(F)F.O=C(O)C(F)(F)F. The van der Waals surface area contributed by atoms with Gasteiger partial charge in [0.05, 0.1) is 5.41 Å². The minimum atomic E-state index is -5.08. The van der Waals surface area contributed by atoms with Crippen molar-refractivity contribution in [1.29, 1.82) is 0 Å². The zero-order chi connectivity index (χ0) is 29.6. The fraction of sp³-hybridized carbons (Fsp3) is 0.682. The van der Waals surface area contributed by atoms with Gasteiger partial charge in [-0.3, -0.25) is 4.90 Å². The van der Waals surface area contributed by atoms with Crippen molar-refractivity contribution in [2.24, 2.45) is 5.41 Å². The van der Waals surface area contributed by atoms with Crippen LogP contribution in [0.25, 0.3) is 0 Å². The first-order valence-corrected chi connectivity index (χ1v) is 11.5. The third-order valence-corrected chi connectivity index (χ3v) is 6.58. The second-order valence-corrected chi connectivity index (χ2v) is 9.14. The molecular weight excluding hydrogens is 557 g/mol. The minimum absolute atomic E-state index is 0.122. The lowest BCUT2D eigenvalue weighted by Gasteiger charge is -2.49. The Labute approximate surface area is 216 Å². The average Bonchev–Trinajstić information content (AvgIpc) is 3.27. The van der Waals surface area contributed by atoms with Crippen LogP contribution >= 0.6 is 0 Å². The summed E-state index contributed by atoms with van der Waals surface area (Å²) in [5.41, 5.74) is -1.12. The Morgan fingerprint density at radius 2 is 1.49 bits per heavy atom. The lowest BCUT2D eigenvalue weighted by Crippen LogP contribution is -2.59. The van der Waals surface area contributed by atoms with Crippen LogP contribution in [0.5, 0.6) is 0 Å². The van der Waals surface area contributed by atoms with Crippen LogP contribution in [0.3, 0.4) is 0 Å². The predicted octanol–water partition coefficient (Wildman–Crippen LogP) is 4.20. The van der Waals surface area contributed by atoms with Gasteiger partial charge in [0.25, 0.3) is 5.92 Å². The van der Waals surface area contributed by atoms with Gasteiger partial charge in [-0.25, -0.2) is 27.7 Å². The van der Waals surface area contributed by atoms with Crippen molar-refractivity contribution in [2.45, 2.75) is 50.0 Å². The van der Waals surface area contributed by atoms with Gasteiger partial charge in [-0.2, -0.15) is 26.3 Å². The van der Waals surface area contributed by atoms with Crippen LogP contribution in [-0.2, 0) is 14.3 Å². The molecule has 0 bridgehead atoms. The van der Waals surface area contributed by atoms with Gasteiger partial charge in [0.15, 0.2) is 11.6 Å². The fourth-order valence-corrected chi connectivity index (χ4v) is 4.59. The summed E-state index contributed by atoms with van der Waals surface area (Å²) in [5.74, 6) is -8.49. The summed E-state index contributed by atoms with van der Waals surface area (Å²) in [6, 6.07) is 3.18. The largest absolute Gasteiger partial charge is 0.490 e. The number of rotatable bonds is 2. The summed E-state index contributed by atoms with van der Waals surface area (Å²) in [7, 11) is 0. The maximum absolute atomic E-state index is 14.9. The van der Waals surface area contributed by atoms with Crippen molar-refractivity contribution in [3.8, 4) is 0 Å². The molecule has 3 aliphatic rings. The molecule has 8 nitrogen and oxygen atoms in total. The molecule has 1 atom stereocenters. The standard InChI is InChI=1S/C18H24F3N3O.2C2HF3O2/c19-15-2-1-7-22-16(15)24-8-5-17(13-24)12-23(9-6-18(17,20)21)14-3-10-25-11-4-14;2*3-2(4,5)1(6)7/h1-2,7,14H,3-6,8-13H2;2*(H,6,7). The number of nitrogens with zero attached hydrogens (tertiary/aromatic N) is 3. The second kappa shape index (κ2) is 12.6. The highest BCUT2D eigenvalue weighted by Gasteiger charge is 2.60. The molecule has 0 aromatic carbocycles. The molecule has 39 heavy (non-hydrogen) atoms. The first-order valence-electron chi connectivity index (χ1n) is 11.5. The second-order valence-electron chi connectivity index (χ2n) is 9.14. The Morgan fingerprint density at radius 3 is 1.97 bits per heavy atom. The molecule has 0 radical (unpaired) electrons. The van der Waals surface area contributed by atoms with E-state index in [1.54, 1.807) is 4.90 Å². The topological polar surface area (TPSA) is 103 Å². The van der Waals surface area contributed by atoms with E-state index in [0.29, 0.717) is 45.3 Å². The van der Waals surface area contributed by atoms with Gasteiger partial charge in [-0.05, 0) is 31.4 Å². The summed E-state index contributed by atoms with van der Waals surface area (Å²) >= 11 is 0. The summed E-state index contributed by atoms with van der Waals surface area (Å²) in [6.07, 6.45) is -6.60. The Bertz CT molecular complexity index is 963. The Morgan fingerprint density at radius 1 is 0.949 bits per heavy atom. The zero-order valence-electron chi connectivity index (χ0n) is 20.2. The van der Waals surface area contributed by atoms with E-state index in [9.17, 15) is 39.5 Å². The molecular formula is C22H26F9N3O5. The summed E-state index contributed by atoms with van der Waals surface area (Å²) < 4.78 is 113. The van der Waals surface area contributed by atoms with Crippen molar-refractivity contribution < 1.29 is 64.1 Å². The molecule has 17 heteroatoms. The molecule has 3 aliphatic heterocycles. The van der Waals surface area contributed by atoms with E-state index in [4.69, 9.17) is 24.5 Å². The lowest BCUT2D eigenvalue weighted by atomic mass is 9.75. The van der Waals surface area contributed by atoms with Crippen molar-refractivity contribution in [2.75, 3.05) is 44.3 Å². The summed E-state index contributed by atoms with van der Waals surface area (Å²) in [4.78, 5) is 25.8. The number of carbonyl (C=O) groups is 2. The lowest BCUT2D eigenvalue weighted by molar-refractivity contribution is -0.193. The van der Waals surface area contributed by atoms with Crippen molar-refractivity contribution in [1.82, 2.24) is 9.88 Å². The van der Waals surface area contributed by atoms with Crippen LogP contribution < -0.4 is 4.90 Å². The molecule has 3 saturated heterocycles. The van der Waals surface area contributed by atoms with Crippen LogP contribution in [0.2, 0.25) is 0 Å². The summed E-state index contributed by atoms with van der Waals surface area (Å²) in [6.45, 7) is 2.79. The molecule has 0 aliphatic carbocycles. The highest BCUT2D eigenvalue weighted by atomic mass is 19.4. The normalized spacial score (nSPS) is 23.9. The number of hydrogen-bond donors (Lipinski definition) is 2. The van der Waals surface area contributed by atoms with Crippen LogP contribution in [0.4, 0.5) is 45.3 Å². The first-order chi connectivity index (χ1) is 17.9. The molecule has 1 aromatic heterocycles. The van der Waals surface area contributed by atoms with Crippen LogP contribution in [0, 0.1) is 11.2 Å². The Balaban J connectivity index is 0.000000317. The maximum Gasteiger partial charge on any atom is 0.490 e. The third kappa shape index (κ3) is 8.58. The minimum Gasteiger partial charge on any atom is -0.475 e. The molecule has 222 valence electrons. The van der Waals surface area contributed by atoms with Crippen molar-refractivity contribution in [3.05, 3.63) is 24.1 Å². The Hall–Kier alpha value is -2.82. The number of likely N-dealkylation sites (tertiary alicyclic amines) is 1. The van der Waals surface area contributed by atoms with Gasteiger partial charge in [0.2, 0.25) is 0 Å². The number of aromatic nitrogens is 1. The van der Waals surface area contributed by atoms with Gasteiger partial charge < -0.3 is 19.8 Å². The highest BCUT2D eigenvalue weighted by molar-refractivity contribution is 5.73. The number of aliphatic carboxylic acids is 2. The van der Waals surface area contributed by atoms with E-state index in [-0.39, 0.29) is 18.8 Å². The molecule has 0 amide bonds. The van der Waals surface area contributed by atoms with E-state index in [0.717, 1.165) is 12.8 Å². The van der Waals surface area contributed by atoms with Crippen molar-refractivity contribution in [3.63, 3.8) is 0 Å². The molecule has 1 unspecified atom stereocenters. The number of carboxylic acid groups (broad SMARTS) is 2. The number of piperidine rings is 1. The van der Waals surface area contributed by atoms with E-state index in [1.807, 2.05) is 0 Å². The number of carboxylic acids is 2. The van der Waals surface area contributed by atoms with E-state index in [1.165, 1.54) is 18.3 Å². The van der Waals surface area contributed by atoms with E-state index >= 15 is 0 Å². The number of ether oxygens (including phenoxy) is 1. The van der Waals surface area contributed by atoms with Crippen LogP contribution in [0.15, 0.2) is 18.3 Å². The number of alkyl halides is 8. The first kappa shape index (κ1) is 32.4. The monoisotopic (exact) mass is 583 g/mol. The number of halogens is 9. The number of pyridine rings is 1. The molecule has 2 N–H and O–H groups in total. The number of hydrogen-bond acceptors (Lipinski definition) is 6. The van der Waals surface area contributed by atoms with E-state index < -0.39 is 41.4 Å². The van der Waals surface area contributed by atoms with Gasteiger partial charge >= 0.3 is 24.3 Å². The zero-order valence-corrected chi connectivity index (χ0v) is 20.2. The third-order valence-electron chi connectivity index (χ3n) is 6.58. The van der Waals surface area contributed by atoms with Gasteiger partial charge in [-0.1, -0.05) is 0 Å². The molecule has 1 aromatic rings. The highest BCUT2D eigenvalue weighted by Crippen LogP contribution is 2.50. The summed E-state index contributed by atoms with van der Waals surface area (Å²) in [5, 5.41) is 14.2. The maximum atomic E-state index is 14.9. The molecule has 1 spiro atoms. The van der Waals surface area contributed by atoms with Crippen LogP contribution in [-0.4, -0.2) is 95.7 Å². The molecule has 4 heterocycles.